The zero-order valence-corrected chi connectivity index (χ0v) is 39.3. The van der Waals surface area contributed by atoms with Crippen molar-refractivity contribution in [2.24, 2.45) is 16.8 Å². The smallest absolute Gasteiger partial charge is 0.408 e. The molecular formula is C52H60F2N8O6. The minimum absolute atomic E-state index is 0.0546. The minimum atomic E-state index is -2.95. The van der Waals surface area contributed by atoms with Crippen LogP contribution in [0.15, 0.2) is 89.9 Å². The number of methoxy groups -OCH3 is 1. The van der Waals surface area contributed by atoms with E-state index in [4.69, 9.17) is 24.2 Å². The van der Waals surface area contributed by atoms with E-state index in [2.05, 4.69) is 100 Å². The lowest BCUT2D eigenvalue weighted by Gasteiger charge is -2.30. The number of alkyl carbamates (subject to hydrolysis) is 2. The number of alkyl halides is 2. The number of benzene rings is 4. The van der Waals surface area contributed by atoms with Gasteiger partial charge in [-0.2, -0.15) is 8.78 Å². The Kier molecular flexibility index (Phi) is 13.3. The maximum atomic E-state index is 14.6. The number of carbonyl (C=O) groups is 3. The normalized spacial score (nSPS) is 22.2. The summed E-state index contributed by atoms with van der Waals surface area (Å²) >= 11 is 0. The van der Waals surface area contributed by atoms with Gasteiger partial charge >= 0.3 is 18.8 Å². The molecule has 1 aliphatic carbocycles. The summed E-state index contributed by atoms with van der Waals surface area (Å²) < 4.78 is 41.8. The molecule has 0 radical (unpaired) electrons. The highest BCUT2D eigenvalue weighted by molar-refractivity contribution is 6.05. The molecule has 0 bridgehead atoms. The van der Waals surface area contributed by atoms with Crippen LogP contribution in [-0.4, -0.2) is 107 Å². The van der Waals surface area contributed by atoms with Crippen molar-refractivity contribution in [1.29, 1.82) is 0 Å². The summed E-state index contributed by atoms with van der Waals surface area (Å²) in [6, 6.07) is 23.9. The van der Waals surface area contributed by atoms with E-state index in [0.29, 0.717) is 24.4 Å². The Morgan fingerprint density at radius 2 is 1.72 bits per heavy atom. The number of nitrogens with zero attached hydrogens (tertiary/aromatic N) is 4. The molecule has 7 atom stereocenters. The molecule has 68 heavy (non-hydrogen) atoms. The van der Waals surface area contributed by atoms with Gasteiger partial charge < -0.3 is 40.0 Å². The largest absolute Gasteiger partial charge is 0.453 e. The van der Waals surface area contributed by atoms with Crippen molar-refractivity contribution >= 4 is 51.8 Å². The standard InChI is InChI=1S/C52H60F2N8O6/c1-29(2)40(57-50(64)66-6)27-61-22-10-13-41(61)46-55-38-20-16-34-24-32(14-18-36(34)44(38)58-46)33-15-19-37-35(25-33)17-21-39-45(37)59-47(56-39)42-23-30(28-67-49(53)54)26-62(42)48(63)43(31-11-8-7-9-12-31)60-51(65)68-52(3,4)5/h7-9,11-12,14-21,24-25,29-30,39-43,45,49H,10,13,22-23,26-28H2,1-6H3,(H,55,58)(H,56,59)(H,57,64)(H,60,65)/t30-,39?,40+,41-,42-,43?,45?/m0/s1. The molecule has 5 aromatic rings. The predicted molar refractivity (Wildman–Crippen MR) is 257 cm³/mol. The number of H-pyrrole nitrogens is 1. The maximum absolute atomic E-state index is 14.6. The van der Waals surface area contributed by atoms with Crippen LogP contribution in [-0.2, 0) is 19.0 Å². The van der Waals surface area contributed by atoms with Gasteiger partial charge in [-0.15, -0.1) is 0 Å². The van der Waals surface area contributed by atoms with Crippen molar-refractivity contribution in [3.05, 3.63) is 107 Å². The molecule has 4 N–H and O–H groups in total. The molecule has 9 rings (SSSR count). The SMILES string of the molecule is COC(=O)N[C@H](CN1CCC[C@H]1c1nc2c(ccc3cc(-c4ccc5c(c4)C=CC4NC([C@@H]6C[C@H](COC(F)F)CN6C(=O)C(NC(=O)OC(C)(C)C)c6ccccc6)=NC54)ccc32)[nH]1)C(C)C. The van der Waals surface area contributed by atoms with Gasteiger partial charge in [0.25, 0.3) is 5.91 Å². The number of aromatic amines is 1. The molecule has 0 spiro atoms. The van der Waals surface area contributed by atoms with Crippen molar-refractivity contribution in [1.82, 2.24) is 35.7 Å². The van der Waals surface area contributed by atoms with Gasteiger partial charge in [0.2, 0.25) is 0 Å². The van der Waals surface area contributed by atoms with E-state index in [1.807, 2.05) is 6.07 Å². The van der Waals surface area contributed by atoms with Crippen molar-refractivity contribution in [3.63, 3.8) is 0 Å². The highest BCUT2D eigenvalue weighted by Crippen LogP contribution is 2.40. The van der Waals surface area contributed by atoms with Crippen molar-refractivity contribution < 1.29 is 37.4 Å². The van der Waals surface area contributed by atoms with Crippen LogP contribution in [0.2, 0.25) is 0 Å². The number of hydrogen-bond donors (Lipinski definition) is 4. The molecular weight excluding hydrogens is 871 g/mol. The lowest BCUT2D eigenvalue weighted by atomic mass is 9.88. The third-order valence-electron chi connectivity index (χ3n) is 13.5. The summed E-state index contributed by atoms with van der Waals surface area (Å²) in [5, 5.41) is 11.5. The van der Waals surface area contributed by atoms with Gasteiger partial charge in [-0.1, -0.05) is 86.7 Å². The molecule has 4 aromatic carbocycles. The number of amidine groups is 1. The molecule has 358 valence electrons. The second-order valence-corrected chi connectivity index (χ2v) is 19.7. The van der Waals surface area contributed by atoms with E-state index in [1.165, 1.54) is 7.11 Å². The van der Waals surface area contributed by atoms with Gasteiger partial charge in [-0.3, -0.25) is 14.7 Å². The highest BCUT2D eigenvalue weighted by Gasteiger charge is 2.45. The molecule has 14 nitrogen and oxygen atoms in total. The summed E-state index contributed by atoms with van der Waals surface area (Å²) in [4.78, 5) is 57.9. The van der Waals surface area contributed by atoms with E-state index in [9.17, 15) is 23.2 Å². The van der Waals surface area contributed by atoms with Gasteiger partial charge in [0.1, 0.15) is 29.3 Å². The second-order valence-electron chi connectivity index (χ2n) is 19.7. The quantitative estimate of drug-likeness (QED) is 0.0903. The molecule has 16 heteroatoms. The Bertz CT molecular complexity index is 2740. The first-order chi connectivity index (χ1) is 32.6. The summed E-state index contributed by atoms with van der Waals surface area (Å²) in [7, 11) is 1.39. The van der Waals surface area contributed by atoms with Crippen LogP contribution in [0.3, 0.4) is 0 Å². The van der Waals surface area contributed by atoms with E-state index < -0.39 is 48.3 Å². The van der Waals surface area contributed by atoms with Gasteiger partial charge in [0.15, 0.2) is 0 Å². The Balaban J connectivity index is 0.950. The van der Waals surface area contributed by atoms with Crippen molar-refractivity contribution in [2.75, 3.05) is 33.4 Å². The molecule has 4 aliphatic rings. The minimum Gasteiger partial charge on any atom is -0.453 e. The molecule has 4 heterocycles. The Morgan fingerprint density at radius 3 is 2.47 bits per heavy atom. The summed E-state index contributed by atoms with van der Waals surface area (Å²) in [6.07, 6.45) is 5.37. The fourth-order valence-electron chi connectivity index (χ4n) is 10.2. The van der Waals surface area contributed by atoms with Crippen LogP contribution >= 0.6 is 0 Å². The first-order valence-corrected chi connectivity index (χ1v) is 23.5. The first kappa shape index (κ1) is 46.7. The lowest BCUT2D eigenvalue weighted by Crippen LogP contribution is -2.50. The second kappa shape index (κ2) is 19.3. The molecule has 3 amide bonds. The monoisotopic (exact) mass is 930 g/mol. The van der Waals surface area contributed by atoms with Crippen LogP contribution in [0.5, 0.6) is 0 Å². The number of ether oxygens (including phenoxy) is 3. The fourth-order valence-corrected chi connectivity index (χ4v) is 10.2. The number of nitrogens with one attached hydrogen (secondary N) is 4. The number of amides is 3. The summed E-state index contributed by atoms with van der Waals surface area (Å²) in [6.45, 7) is 8.02. The Labute approximate surface area is 394 Å². The van der Waals surface area contributed by atoms with E-state index in [0.717, 1.165) is 69.3 Å². The molecule has 2 saturated heterocycles. The maximum Gasteiger partial charge on any atom is 0.408 e. The summed E-state index contributed by atoms with van der Waals surface area (Å²) in [5.74, 6) is 0.942. The predicted octanol–water partition coefficient (Wildman–Crippen LogP) is 9.06. The van der Waals surface area contributed by atoms with E-state index >= 15 is 0 Å². The van der Waals surface area contributed by atoms with Crippen LogP contribution < -0.4 is 16.0 Å². The number of fused-ring (bicyclic) bond motifs is 6. The fraction of sp³-hybridized carbons (Fsp3) is 0.442. The van der Waals surface area contributed by atoms with Crippen molar-refractivity contribution in [3.8, 4) is 11.1 Å². The van der Waals surface area contributed by atoms with Gasteiger partial charge in [0, 0.05) is 30.4 Å². The molecule has 3 unspecified atom stereocenters. The zero-order chi connectivity index (χ0) is 47.9. The van der Waals surface area contributed by atoms with Gasteiger partial charge in [0.05, 0.1) is 42.9 Å². The number of imidazole rings is 1. The van der Waals surface area contributed by atoms with Crippen LogP contribution in [0, 0.1) is 11.8 Å². The Hall–Kier alpha value is -6.39. The summed E-state index contributed by atoms with van der Waals surface area (Å²) in [5.41, 5.74) is 5.83. The third-order valence-corrected chi connectivity index (χ3v) is 13.5. The van der Waals surface area contributed by atoms with Crippen molar-refractivity contribution in [2.45, 2.75) is 102 Å². The lowest BCUT2D eigenvalue weighted by molar-refractivity contribution is -0.139. The van der Waals surface area contributed by atoms with Gasteiger partial charge in [-0.05, 0) is 104 Å². The molecule has 3 aliphatic heterocycles. The number of aliphatic imine (C=N–C) groups is 1. The third kappa shape index (κ3) is 9.93. The van der Waals surface area contributed by atoms with Crippen LogP contribution in [0.25, 0.3) is 39.0 Å². The number of aromatic nitrogens is 2. The number of likely N-dealkylation sites (tertiary alicyclic amines) is 2. The van der Waals surface area contributed by atoms with E-state index in [1.54, 1.807) is 49.9 Å². The van der Waals surface area contributed by atoms with Crippen LogP contribution in [0.4, 0.5) is 18.4 Å². The zero-order valence-electron chi connectivity index (χ0n) is 39.3. The average Bonchev–Trinajstić information content (AvgIpc) is 4.14. The highest BCUT2D eigenvalue weighted by atomic mass is 19.3. The van der Waals surface area contributed by atoms with E-state index in [-0.39, 0.29) is 43.2 Å². The van der Waals surface area contributed by atoms with Crippen LogP contribution in [0.1, 0.15) is 94.5 Å². The molecule has 2 fully saturated rings. The number of carbonyl (C=O) groups excluding carboxylic acids is 3. The Morgan fingerprint density at radius 1 is 0.941 bits per heavy atom. The first-order valence-electron chi connectivity index (χ1n) is 23.5. The average molecular weight is 931 g/mol. The number of halogens is 2. The number of hydrogen-bond acceptors (Lipinski definition) is 10. The molecule has 1 aromatic heterocycles. The number of rotatable bonds is 13. The van der Waals surface area contributed by atoms with Gasteiger partial charge in [-0.25, -0.2) is 14.6 Å². The molecule has 0 saturated carbocycles. The topological polar surface area (TPSA) is 163 Å².